The normalized spacial score (nSPS) is 11.3. The maximum Gasteiger partial charge on any atom is 0.396 e. The van der Waals surface area contributed by atoms with Crippen molar-refractivity contribution in [3.05, 3.63) is 38.8 Å². The van der Waals surface area contributed by atoms with E-state index in [1.807, 2.05) is 17.5 Å². The number of aromatic nitrogens is 6. The number of nitro groups is 1. The Morgan fingerprint density at radius 3 is 2.85 bits per heavy atom. The molecule has 4 aromatic heterocycles. The molecule has 4 heterocycles. The van der Waals surface area contributed by atoms with Crippen LogP contribution in [-0.4, -0.2) is 34.0 Å². The molecule has 11 nitrogen and oxygen atoms in total. The summed E-state index contributed by atoms with van der Waals surface area (Å²) in [4.78, 5) is 28.4. The molecule has 13 heteroatoms. The number of nitrogen functional groups attached to an aromatic ring is 2. The first-order chi connectivity index (χ1) is 12.9. The van der Waals surface area contributed by atoms with Crippen LogP contribution < -0.4 is 11.5 Å². The third-order valence-electron chi connectivity index (χ3n) is 3.73. The summed E-state index contributed by atoms with van der Waals surface area (Å²) < 4.78 is 3.28. The first kappa shape index (κ1) is 17.2. The molecule has 27 heavy (non-hydrogen) atoms. The molecule has 0 saturated heterocycles. The lowest BCUT2D eigenvalue weighted by Crippen LogP contribution is -2.05. The topological polar surface area (TPSA) is 157 Å². The van der Waals surface area contributed by atoms with Crippen molar-refractivity contribution in [1.82, 2.24) is 29.1 Å². The largest absolute Gasteiger partial charge is 0.396 e. The SMILES string of the molecule is Cn1cnc([N+](=O)[O-])c1Sc1nc(N)nc2c1nc(N)n2Cc1cccs1. The predicted octanol–water partition coefficient (Wildman–Crippen LogP) is 1.89. The second kappa shape index (κ2) is 6.51. The average Bonchev–Trinajstić information content (AvgIpc) is 3.31. The molecule has 0 aliphatic rings. The van der Waals surface area contributed by atoms with Crippen molar-refractivity contribution < 1.29 is 4.92 Å². The van der Waals surface area contributed by atoms with Gasteiger partial charge in [-0.2, -0.15) is 4.98 Å². The van der Waals surface area contributed by atoms with Gasteiger partial charge < -0.3 is 26.1 Å². The van der Waals surface area contributed by atoms with Crippen LogP contribution in [0.15, 0.2) is 33.9 Å². The highest BCUT2D eigenvalue weighted by molar-refractivity contribution is 7.99. The van der Waals surface area contributed by atoms with Gasteiger partial charge in [0.1, 0.15) is 10.5 Å². The van der Waals surface area contributed by atoms with Crippen molar-refractivity contribution >= 4 is 52.0 Å². The fourth-order valence-electron chi connectivity index (χ4n) is 2.54. The summed E-state index contributed by atoms with van der Waals surface area (Å²) in [7, 11) is 1.66. The molecule has 0 fully saturated rings. The van der Waals surface area contributed by atoms with Gasteiger partial charge in [-0.15, -0.1) is 11.3 Å². The van der Waals surface area contributed by atoms with Crippen molar-refractivity contribution in [2.24, 2.45) is 7.05 Å². The van der Waals surface area contributed by atoms with Gasteiger partial charge in [-0.3, -0.25) is 4.57 Å². The molecule has 0 bridgehead atoms. The Morgan fingerprint density at radius 1 is 1.33 bits per heavy atom. The number of hydrogen-bond acceptors (Lipinski definition) is 10. The van der Waals surface area contributed by atoms with E-state index >= 15 is 0 Å². The van der Waals surface area contributed by atoms with Crippen LogP contribution in [-0.2, 0) is 13.6 Å². The van der Waals surface area contributed by atoms with E-state index in [9.17, 15) is 10.1 Å². The lowest BCUT2D eigenvalue weighted by Gasteiger charge is -2.06. The first-order valence-corrected chi connectivity index (χ1v) is 9.29. The zero-order chi connectivity index (χ0) is 19.1. The number of fused-ring (bicyclic) bond motifs is 1. The molecule has 0 saturated carbocycles. The average molecular weight is 403 g/mol. The molecule has 0 radical (unpaired) electrons. The summed E-state index contributed by atoms with van der Waals surface area (Å²) in [6, 6.07) is 3.93. The Hall–Kier alpha value is -3.19. The highest BCUT2D eigenvalue weighted by Gasteiger charge is 2.25. The van der Waals surface area contributed by atoms with Crippen molar-refractivity contribution in [2.45, 2.75) is 16.6 Å². The summed E-state index contributed by atoms with van der Waals surface area (Å²) in [5.41, 5.74) is 12.9. The van der Waals surface area contributed by atoms with E-state index in [4.69, 9.17) is 11.5 Å². The summed E-state index contributed by atoms with van der Waals surface area (Å²) in [5, 5.41) is 13.9. The van der Waals surface area contributed by atoms with E-state index in [0.717, 1.165) is 16.6 Å². The van der Waals surface area contributed by atoms with Gasteiger partial charge in [-0.25, -0.2) is 9.97 Å². The van der Waals surface area contributed by atoms with Crippen LogP contribution in [0, 0.1) is 10.1 Å². The summed E-state index contributed by atoms with van der Waals surface area (Å²) >= 11 is 2.64. The van der Waals surface area contributed by atoms with Crippen molar-refractivity contribution in [1.29, 1.82) is 0 Å². The molecule has 0 aliphatic heterocycles. The molecule has 0 atom stereocenters. The molecule has 0 aromatic carbocycles. The molecule has 0 unspecified atom stereocenters. The minimum absolute atomic E-state index is 0.0298. The number of aryl methyl sites for hydroxylation is 1. The second-order valence-electron chi connectivity index (χ2n) is 5.54. The van der Waals surface area contributed by atoms with E-state index in [1.165, 1.54) is 6.33 Å². The van der Waals surface area contributed by atoms with Crippen LogP contribution in [0.5, 0.6) is 0 Å². The van der Waals surface area contributed by atoms with Crippen LogP contribution in [0.25, 0.3) is 11.2 Å². The number of nitrogens with zero attached hydrogens (tertiary/aromatic N) is 7. The van der Waals surface area contributed by atoms with E-state index in [0.29, 0.717) is 27.8 Å². The van der Waals surface area contributed by atoms with Crippen LogP contribution >= 0.6 is 23.1 Å². The zero-order valence-electron chi connectivity index (χ0n) is 13.9. The predicted molar refractivity (Wildman–Crippen MR) is 102 cm³/mol. The molecule has 4 rings (SSSR count). The Bertz CT molecular complexity index is 1150. The van der Waals surface area contributed by atoms with Gasteiger partial charge in [0.25, 0.3) is 0 Å². The van der Waals surface area contributed by atoms with Crippen LogP contribution in [0.4, 0.5) is 17.7 Å². The number of imidazole rings is 2. The number of nitrogens with two attached hydrogens (primary N) is 2. The molecule has 4 N–H and O–H groups in total. The molecular weight excluding hydrogens is 390 g/mol. The zero-order valence-corrected chi connectivity index (χ0v) is 15.6. The van der Waals surface area contributed by atoms with Gasteiger partial charge in [0.05, 0.1) is 6.54 Å². The third-order valence-corrected chi connectivity index (χ3v) is 5.74. The van der Waals surface area contributed by atoms with Crippen molar-refractivity contribution in [2.75, 3.05) is 11.5 Å². The maximum absolute atomic E-state index is 11.2. The third kappa shape index (κ3) is 3.06. The quantitative estimate of drug-likeness (QED) is 0.288. The van der Waals surface area contributed by atoms with E-state index in [2.05, 4.69) is 19.9 Å². The fraction of sp³-hybridized carbons (Fsp3) is 0.143. The highest BCUT2D eigenvalue weighted by Crippen LogP contribution is 2.36. The standard InChI is InChI=1S/C14H13N9O2S2/c1-21-6-17-10(23(24)25)12(21)27-11-8-9(19-13(15)20-11)22(14(16)18-8)5-7-3-2-4-26-7/h2-4,6H,5H2,1H3,(H2,16,18)(H2,15,19,20). The summed E-state index contributed by atoms with van der Waals surface area (Å²) in [6.45, 7) is 0.492. The van der Waals surface area contributed by atoms with Gasteiger partial charge in [0.15, 0.2) is 10.7 Å². The summed E-state index contributed by atoms with van der Waals surface area (Å²) in [6.07, 6.45) is 1.37. The summed E-state index contributed by atoms with van der Waals surface area (Å²) in [5.74, 6) is 0.0284. The number of hydrogen-bond donors (Lipinski definition) is 2. The minimum Gasteiger partial charge on any atom is -0.369 e. The Labute approximate surface area is 160 Å². The molecule has 0 spiro atoms. The van der Waals surface area contributed by atoms with Crippen LogP contribution in [0.3, 0.4) is 0 Å². The van der Waals surface area contributed by atoms with Gasteiger partial charge in [0, 0.05) is 11.9 Å². The number of anilines is 2. The van der Waals surface area contributed by atoms with E-state index < -0.39 is 4.92 Å². The second-order valence-corrected chi connectivity index (χ2v) is 7.55. The Balaban J connectivity index is 1.83. The van der Waals surface area contributed by atoms with Crippen LogP contribution in [0.2, 0.25) is 0 Å². The molecule has 138 valence electrons. The molecular formula is C14H13N9O2S2. The maximum atomic E-state index is 11.2. The monoisotopic (exact) mass is 403 g/mol. The molecule has 0 amide bonds. The number of thiophene rings is 1. The lowest BCUT2D eigenvalue weighted by atomic mass is 10.4. The smallest absolute Gasteiger partial charge is 0.369 e. The van der Waals surface area contributed by atoms with E-state index in [1.54, 1.807) is 27.5 Å². The lowest BCUT2D eigenvalue weighted by molar-refractivity contribution is -0.392. The van der Waals surface area contributed by atoms with E-state index in [-0.39, 0.29) is 17.7 Å². The van der Waals surface area contributed by atoms with Gasteiger partial charge >= 0.3 is 5.82 Å². The molecule has 4 aromatic rings. The van der Waals surface area contributed by atoms with Gasteiger partial charge in [-0.1, -0.05) is 6.07 Å². The van der Waals surface area contributed by atoms with Crippen molar-refractivity contribution in [3.63, 3.8) is 0 Å². The Kier molecular flexibility index (Phi) is 4.16. The van der Waals surface area contributed by atoms with Crippen LogP contribution in [0.1, 0.15) is 4.88 Å². The Morgan fingerprint density at radius 2 is 2.15 bits per heavy atom. The van der Waals surface area contributed by atoms with Crippen molar-refractivity contribution in [3.8, 4) is 0 Å². The molecule has 0 aliphatic carbocycles. The van der Waals surface area contributed by atoms with Gasteiger partial charge in [0.2, 0.25) is 18.2 Å². The first-order valence-electron chi connectivity index (χ1n) is 7.59. The van der Waals surface area contributed by atoms with Gasteiger partial charge in [-0.05, 0) is 33.1 Å². The minimum atomic E-state index is -0.548. The fourth-order valence-corrected chi connectivity index (χ4v) is 4.19. The highest BCUT2D eigenvalue weighted by atomic mass is 32.2. The number of rotatable bonds is 5.